The fourth-order valence-electron chi connectivity index (χ4n) is 1.77. The summed E-state index contributed by atoms with van der Waals surface area (Å²) in [5, 5.41) is 3.06. The number of hydrogen-bond acceptors (Lipinski definition) is 1. The van der Waals surface area contributed by atoms with Crippen molar-refractivity contribution in [3.05, 3.63) is 70.5 Å². The first-order chi connectivity index (χ1) is 9.06. The Bertz CT molecular complexity index is 541. The molecule has 19 heavy (non-hydrogen) atoms. The Morgan fingerprint density at radius 1 is 0.842 bits per heavy atom. The van der Waals surface area contributed by atoms with Crippen molar-refractivity contribution in [2.45, 2.75) is 20.0 Å². The predicted molar refractivity (Wildman–Crippen MR) is 68.0 cm³/mol. The molecule has 0 fully saturated rings. The second-order valence-electron chi connectivity index (χ2n) is 4.46. The molecule has 0 saturated heterocycles. The van der Waals surface area contributed by atoms with Crippen LogP contribution < -0.4 is 5.32 Å². The van der Waals surface area contributed by atoms with Crippen molar-refractivity contribution in [3.8, 4) is 0 Å². The van der Waals surface area contributed by atoms with E-state index in [1.165, 1.54) is 5.56 Å². The molecular formula is C15H14F3N. The molecule has 1 N–H and O–H groups in total. The van der Waals surface area contributed by atoms with Gasteiger partial charge in [0.15, 0.2) is 17.5 Å². The second kappa shape index (κ2) is 5.89. The molecule has 0 atom stereocenters. The first-order valence-electron chi connectivity index (χ1n) is 5.96. The number of aryl methyl sites for hydroxylation is 1. The summed E-state index contributed by atoms with van der Waals surface area (Å²) in [5.41, 5.74) is 2.63. The van der Waals surface area contributed by atoms with Crippen LogP contribution in [0.25, 0.3) is 0 Å². The molecule has 100 valence electrons. The number of benzene rings is 2. The number of halogens is 3. The van der Waals surface area contributed by atoms with E-state index in [2.05, 4.69) is 5.32 Å². The van der Waals surface area contributed by atoms with Crippen molar-refractivity contribution < 1.29 is 13.2 Å². The van der Waals surface area contributed by atoms with Gasteiger partial charge in [-0.25, -0.2) is 13.2 Å². The standard InChI is InChI=1S/C15H14F3N/c1-10-2-4-11(5-3-10)8-19-9-12-6-13(16)15(18)14(17)7-12/h2-7,19H,8-9H2,1H3. The van der Waals surface area contributed by atoms with E-state index >= 15 is 0 Å². The smallest absolute Gasteiger partial charge is 0.194 e. The van der Waals surface area contributed by atoms with Crippen LogP contribution in [-0.2, 0) is 13.1 Å². The van der Waals surface area contributed by atoms with Gasteiger partial charge in [0.25, 0.3) is 0 Å². The van der Waals surface area contributed by atoms with E-state index in [0.29, 0.717) is 12.1 Å². The largest absolute Gasteiger partial charge is 0.309 e. The average molecular weight is 265 g/mol. The second-order valence-corrected chi connectivity index (χ2v) is 4.46. The van der Waals surface area contributed by atoms with E-state index < -0.39 is 17.5 Å². The van der Waals surface area contributed by atoms with E-state index in [1.807, 2.05) is 31.2 Å². The molecule has 2 aromatic rings. The highest BCUT2D eigenvalue weighted by Gasteiger charge is 2.09. The van der Waals surface area contributed by atoms with Gasteiger partial charge in [0.1, 0.15) is 0 Å². The lowest BCUT2D eigenvalue weighted by Crippen LogP contribution is -2.13. The van der Waals surface area contributed by atoms with Gasteiger partial charge in [0, 0.05) is 13.1 Å². The first kappa shape index (κ1) is 13.6. The van der Waals surface area contributed by atoms with E-state index in [1.54, 1.807) is 0 Å². The molecule has 0 amide bonds. The predicted octanol–water partition coefficient (Wildman–Crippen LogP) is 3.70. The van der Waals surface area contributed by atoms with E-state index in [4.69, 9.17) is 0 Å². The summed E-state index contributed by atoms with van der Waals surface area (Å²) >= 11 is 0. The topological polar surface area (TPSA) is 12.0 Å². The molecule has 0 aliphatic heterocycles. The van der Waals surface area contributed by atoms with Crippen LogP contribution in [0.3, 0.4) is 0 Å². The molecule has 4 heteroatoms. The Balaban J connectivity index is 1.94. The van der Waals surface area contributed by atoms with E-state index in [0.717, 1.165) is 17.7 Å². The van der Waals surface area contributed by atoms with Gasteiger partial charge < -0.3 is 5.32 Å². The van der Waals surface area contributed by atoms with Gasteiger partial charge >= 0.3 is 0 Å². The zero-order chi connectivity index (χ0) is 13.8. The van der Waals surface area contributed by atoms with Crippen molar-refractivity contribution >= 4 is 0 Å². The van der Waals surface area contributed by atoms with Crippen molar-refractivity contribution in [2.75, 3.05) is 0 Å². The minimum absolute atomic E-state index is 0.280. The van der Waals surface area contributed by atoms with Crippen LogP contribution in [-0.4, -0.2) is 0 Å². The molecule has 0 saturated carbocycles. The van der Waals surface area contributed by atoms with Gasteiger partial charge in [-0.05, 0) is 30.2 Å². The highest BCUT2D eigenvalue weighted by Crippen LogP contribution is 2.13. The lowest BCUT2D eigenvalue weighted by Gasteiger charge is -2.06. The molecule has 1 nitrogen and oxygen atoms in total. The molecule has 0 unspecified atom stereocenters. The normalized spacial score (nSPS) is 10.7. The minimum atomic E-state index is -1.43. The molecule has 2 rings (SSSR count). The van der Waals surface area contributed by atoms with Crippen LogP contribution in [0.4, 0.5) is 13.2 Å². The summed E-state index contributed by atoms with van der Waals surface area (Å²) in [6.07, 6.45) is 0. The summed E-state index contributed by atoms with van der Waals surface area (Å²) in [4.78, 5) is 0. The monoisotopic (exact) mass is 265 g/mol. The van der Waals surface area contributed by atoms with Crippen LogP contribution in [0.5, 0.6) is 0 Å². The zero-order valence-electron chi connectivity index (χ0n) is 10.5. The molecule has 0 aliphatic carbocycles. The third-order valence-electron chi connectivity index (χ3n) is 2.82. The molecule has 0 bridgehead atoms. The van der Waals surface area contributed by atoms with Crippen LogP contribution in [0.1, 0.15) is 16.7 Å². The Morgan fingerprint density at radius 2 is 1.37 bits per heavy atom. The van der Waals surface area contributed by atoms with E-state index in [-0.39, 0.29) is 6.54 Å². The van der Waals surface area contributed by atoms with Crippen LogP contribution >= 0.6 is 0 Å². The summed E-state index contributed by atoms with van der Waals surface area (Å²) in [7, 11) is 0. The summed E-state index contributed by atoms with van der Waals surface area (Å²) in [6, 6.07) is 9.95. The number of nitrogens with one attached hydrogen (secondary N) is 1. The van der Waals surface area contributed by atoms with Crippen LogP contribution in [0.15, 0.2) is 36.4 Å². The molecule has 0 aromatic heterocycles. The summed E-state index contributed by atoms with van der Waals surface area (Å²) in [6.45, 7) is 2.87. The fraction of sp³-hybridized carbons (Fsp3) is 0.200. The molecule has 0 heterocycles. The van der Waals surface area contributed by atoms with Crippen molar-refractivity contribution in [1.82, 2.24) is 5.32 Å². The molecular weight excluding hydrogens is 251 g/mol. The van der Waals surface area contributed by atoms with Gasteiger partial charge in [0.2, 0.25) is 0 Å². The maximum Gasteiger partial charge on any atom is 0.194 e. The number of rotatable bonds is 4. The maximum atomic E-state index is 13.0. The van der Waals surface area contributed by atoms with E-state index in [9.17, 15) is 13.2 Å². The summed E-state index contributed by atoms with van der Waals surface area (Å²) in [5.74, 6) is -3.75. The fourth-order valence-corrected chi connectivity index (χ4v) is 1.77. The highest BCUT2D eigenvalue weighted by atomic mass is 19.2. The third kappa shape index (κ3) is 3.58. The van der Waals surface area contributed by atoms with Gasteiger partial charge in [-0.2, -0.15) is 0 Å². The highest BCUT2D eigenvalue weighted by molar-refractivity contribution is 5.22. The molecule has 2 aromatic carbocycles. The van der Waals surface area contributed by atoms with Gasteiger partial charge in [-0.15, -0.1) is 0 Å². The quantitative estimate of drug-likeness (QED) is 0.831. The third-order valence-corrected chi connectivity index (χ3v) is 2.82. The van der Waals surface area contributed by atoms with Crippen LogP contribution in [0, 0.1) is 24.4 Å². The molecule has 0 radical (unpaired) electrons. The Labute approximate surface area is 110 Å². The minimum Gasteiger partial charge on any atom is -0.309 e. The lowest BCUT2D eigenvalue weighted by atomic mass is 10.1. The van der Waals surface area contributed by atoms with Crippen LogP contribution in [0.2, 0.25) is 0 Å². The maximum absolute atomic E-state index is 13.0. The lowest BCUT2D eigenvalue weighted by molar-refractivity contribution is 0.444. The molecule has 0 spiro atoms. The van der Waals surface area contributed by atoms with Gasteiger partial charge in [0.05, 0.1) is 0 Å². The number of hydrogen-bond donors (Lipinski definition) is 1. The first-order valence-corrected chi connectivity index (χ1v) is 5.96. The van der Waals surface area contributed by atoms with Crippen molar-refractivity contribution in [1.29, 1.82) is 0 Å². The van der Waals surface area contributed by atoms with Crippen molar-refractivity contribution in [2.24, 2.45) is 0 Å². The SMILES string of the molecule is Cc1ccc(CNCc2cc(F)c(F)c(F)c2)cc1. The zero-order valence-corrected chi connectivity index (χ0v) is 10.5. The van der Waals surface area contributed by atoms with Crippen molar-refractivity contribution in [3.63, 3.8) is 0 Å². The molecule has 0 aliphatic rings. The Morgan fingerprint density at radius 3 is 1.95 bits per heavy atom. The Kier molecular flexibility index (Phi) is 4.22. The van der Waals surface area contributed by atoms with Gasteiger partial charge in [-0.1, -0.05) is 29.8 Å². The average Bonchev–Trinajstić information content (AvgIpc) is 2.38. The Hall–Kier alpha value is -1.81. The summed E-state index contributed by atoms with van der Waals surface area (Å²) < 4.78 is 38.7. The van der Waals surface area contributed by atoms with Gasteiger partial charge in [-0.3, -0.25) is 0 Å².